The van der Waals surface area contributed by atoms with Gasteiger partial charge in [0.1, 0.15) is 5.82 Å². The third kappa shape index (κ3) is 1.85. The molecule has 0 spiro atoms. The molecule has 0 amide bonds. The summed E-state index contributed by atoms with van der Waals surface area (Å²) < 4.78 is 1.90. The Kier molecular flexibility index (Phi) is 2.55. The molecule has 0 radical (unpaired) electrons. The molecule has 0 N–H and O–H groups in total. The van der Waals surface area contributed by atoms with Gasteiger partial charge in [-0.15, -0.1) is 0 Å². The van der Waals surface area contributed by atoms with Crippen LogP contribution >= 0.6 is 0 Å². The van der Waals surface area contributed by atoms with Gasteiger partial charge in [-0.25, -0.2) is 9.67 Å². The van der Waals surface area contributed by atoms with Crippen molar-refractivity contribution in [2.24, 2.45) is 0 Å². The zero-order chi connectivity index (χ0) is 12.5. The quantitative estimate of drug-likeness (QED) is 0.599. The van der Waals surface area contributed by atoms with E-state index in [1.165, 1.54) is 12.1 Å². The Hall–Kier alpha value is -2.24. The number of nitro groups is 1. The lowest BCUT2D eigenvalue weighted by Crippen LogP contribution is -2.11. The molecule has 0 fully saturated rings. The average Bonchev–Trinajstić information content (AvgIpc) is 2.82. The van der Waals surface area contributed by atoms with Gasteiger partial charge in [0.25, 0.3) is 5.69 Å². The summed E-state index contributed by atoms with van der Waals surface area (Å²) in [6.07, 6.45) is 3.18. The van der Waals surface area contributed by atoms with Crippen LogP contribution in [-0.2, 0) is 13.0 Å². The van der Waals surface area contributed by atoms with E-state index in [1.54, 1.807) is 12.1 Å². The first-order valence-corrected chi connectivity index (χ1v) is 5.92. The summed E-state index contributed by atoms with van der Waals surface area (Å²) in [7, 11) is 0. The lowest BCUT2D eigenvalue weighted by atomic mass is 10.2. The summed E-state index contributed by atoms with van der Waals surface area (Å²) in [5.74, 6) is 1.55. The van der Waals surface area contributed by atoms with Crippen molar-refractivity contribution in [1.29, 1.82) is 0 Å². The minimum Gasteiger partial charge on any atom is -0.258 e. The fourth-order valence-corrected chi connectivity index (χ4v) is 2.16. The lowest BCUT2D eigenvalue weighted by molar-refractivity contribution is -0.384. The van der Waals surface area contributed by atoms with Crippen LogP contribution < -0.4 is 0 Å². The maximum absolute atomic E-state index is 10.7. The van der Waals surface area contributed by atoms with E-state index in [0.717, 1.165) is 31.6 Å². The van der Waals surface area contributed by atoms with Crippen LogP contribution in [0.25, 0.3) is 11.4 Å². The summed E-state index contributed by atoms with van der Waals surface area (Å²) in [6, 6.07) is 6.45. The van der Waals surface area contributed by atoms with Crippen molar-refractivity contribution >= 4 is 5.69 Å². The normalized spacial score (nSPS) is 14.2. The number of nitrogens with zero attached hydrogens (tertiary/aromatic N) is 4. The van der Waals surface area contributed by atoms with Gasteiger partial charge in [0.15, 0.2) is 5.82 Å². The van der Waals surface area contributed by atoms with Gasteiger partial charge in [0.2, 0.25) is 0 Å². The number of hydrogen-bond acceptors (Lipinski definition) is 4. The van der Waals surface area contributed by atoms with Gasteiger partial charge in [0, 0.05) is 30.7 Å². The topological polar surface area (TPSA) is 73.8 Å². The van der Waals surface area contributed by atoms with E-state index < -0.39 is 4.92 Å². The molecule has 2 heterocycles. The molecular weight excluding hydrogens is 232 g/mol. The first kappa shape index (κ1) is 10.9. The SMILES string of the molecule is O=[N+]([O-])c1cccc(-c2nc3n(n2)CCCC3)c1. The van der Waals surface area contributed by atoms with Gasteiger partial charge < -0.3 is 0 Å². The summed E-state index contributed by atoms with van der Waals surface area (Å²) in [4.78, 5) is 14.8. The number of benzene rings is 1. The average molecular weight is 244 g/mol. The van der Waals surface area contributed by atoms with E-state index in [1.807, 2.05) is 4.68 Å². The second-order valence-electron chi connectivity index (χ2n) is 4.34. The summed E-state index contributed by atoms with van der Waals surface area (Å²) >= 11 is 0. The van der Waals surface area contributed by atoms with Crippen molar-refractivity contribution in [2.75, 3.05) is 0 Å². The molecule has 1 aromatic heterocycles. The first-order chi connectivity index (χ1) is 8.74. The van der Waals surface area contributed by atoms with E-state index in [0.29, 0.717) is 11.4 Å². The molecule has 0 saturated heterocycles. The number of nitro benzene ring substituents is 1. The van der Waals surface area contributed by atoms with E-state index in [-0.39, 0.29) is 5.69 Å². The number of aryl methyl sites for hydroxylation is 2. The van der Waals surface area contributed by atoms with Gasteiger partial charge in [0.05, 0.1) is 4.92 Å². The number of hydrogen-bond donors (Lipinski definition) is 0. The Morgan fingerprint density at radius 1 is 1.33 bits per heavy atom. The highest BCUT2D eigenvalue weighted by Gasteiger charge is 2.16. The fourth-order valence-electron chi connectivity index (χ4n) is 2.16. The van der Waals surface area contributed by atoms with Crippen LogP contribution in [0.3, 0.4) is 0 Å². The lowest BCUT2D eigenvalue weighted by Gasteiger charge is -2.09. The molecule has 0 unspecified atom stereocenters. The molecule has 0 aliphatic carbocycles. The highest BCUT2D eigenvalue weighted by atomic mass is 16.6. The molecule has 6 nitrogen and oxygen atoms in total. The van der Waals surface area contributed by atoms with Gasteiger partial charge >= 0.3 is 0 Å². The Bertz CT molecular complexity index is 582. The van der Waals surface area contributed by atoms with Gasteiger partial charge in [-0.05, 0) is 12.8 Å². The maximum atomic E-state index is 10.7. The third-order valence-electron chi connectivity index (χ3n) is 3.08. The molecule has 0 saturated carbocycles. The van der Waals surface area contributed by atoms with Crippen molar-refractivity contribution in [3.8, 4) is 11.4 Å². The van der Waals surface area contributed by atoms with Gasteiger partial charge in [-0.1, -0.05) is 12.1 Å². The zero-order valence-corrected chi connectivity index (χ0v) is 9.74. The van der Waals surface area contributed by atoms with Crippen molar-refractivity contribution < 1.29 is 4.92 Å². The molecule has 1 aliphatic rings. The van der Waals surface area contributed by atoms with Gasteiger partial charge in [-0.2, -0.15) is 5.10 Å². The van der Waals surface area contributed by atoms with Crippen LogP contribution in [0, 0.1) is 10.1 Å². The first-order valence-electron chi connectivity index (χ1n) is 5.92. The molecule has 2 aromatic rings. The molecule has 6 heteroatoms. The molecule has 0 bridgehead atoms. The second-order valence-corrected chi connectivity index (χ2v) is 4.34. The monoisotopic (exact) mass is 244 g/mol. The molecule has 3 rings (SSSR count). The van der Waals surface area contributed by atoms with Crippen LogP contribution in [-0.4, -0.2) is 19.7 Å². The zero-order valence-electron chi connectivity index (χ0n) is 9.74. The fraction of sp³-hybridized carbons (Fsp3) is 0.333. The predicted molar refractivity (Wildman–Crippen MR) is 65.1 cm³/mol. The third-order valence-corrected chi connectivity index (χ3v) is 3.08. The molecule has 1 aliphatic heterocycles. The standard InChI is InChI=1S/C12H12N4O2/c17-16(18)10-5-3-4-9(8-10)12-13-11-6-1-2-7-15(11)14-12/h3-5,8H,1-2,6-7H2. The van der Waals surface area contributed by atoms with Crippen molar-refractivity contribution in [3.05, 3.63) is 40.2 Å². The van der Waals surface area contributed by atoms with Crippen molar-refractivity contribution in [1.82, 2.24) is 14.8 Å². The summed E-state index contributed by atoms with van der Waals surface area (Å²) in [6.45, 7) is 0.886. The highest BCUT2D eigenvalue weighted by molar-refractivity contribution is 5.58. The summed E-state index contributed by atoms with van der Waals surface area (Å²) in [5, 5.41) is 15.1. The minimum absolute atomic E-state index is 0.0697. The van der Waals surface area contributed by atoms with E-state index >= 15 is 0 Å². The molecular formula is C12H12N4O2. The predicted octanol–water partition coefficient (Wildman–Crippen LogP) is 2.19. The Balaban J connectivity index is 2.01. The van der Waals surface area contributed by atoms with Crippen molar-refractivity contribution in [2.45, 2.75) is 25.8 Å². The highest BCUT2D eigenvalue weighted by Crippen LogP contribution is 2.23. The molecule has 0 atom stereocenters. The van der Waals surface area contributed by atoms with Crippen LogP contribution in [0.15, 0.2) is 24.3 Å². The number of aromatic nitrogens is 3. The van der Waals surface area contributed by atoms with E-state index in [9.17, 15) is 10.1 Å². The second kappa shape index (κ2) is 4.21. The Labute approximate surface area is 103 Å². The minimum atomic E-state index is -0.403. The van der Waals surface area contributed by atoms with Crippen LogP contribution in [0.5, 0.6) is 0 Å². The molecule has 1 aromatic carbocycles. The number of non-ortho nitro benzene ring substituents is 1. The largest absolute Gasteiger partial charge is 0.270 e. The maximum Gasteiger partial charge on any atom is 0.270 e. The van der Waals surface area contributed by atoms with Crippen LogP contribution in [0.1, 0.15) is 18.7 Å². The number of rotatable bonds is 2. The molecule has 92 valence electrons. The molecule has 18 heavy (non-hydrogen) atoms. The smallest absolute Gasteiger partial charge is 0.258 e. The van der Waals surface area contributed by atoms with E-state index in [2.05, 4.69) is 10.1 Å². The van der Waals surface area contributed by atoms with E-state index in [4.69, 9.17) is 0 Å². The van der Waals surface area contributed by atoms with Crippen molar-refractivity contribution in [3.63, 3.8) is 0 Å². The number of fused-ring (bicyclic) bond motifs is 1. The van der Waals surface area contributed by atoms with Crippen LogP contribution in [0.2, 0.25) is 0 Å². The van der Waals surface area contributed by atoms with Gasteiger partial charge in [-0.3, -0.25) is 10.1 Å². The van der Waals surface area contributed by atoms with Crippen LogP contribution in [0.4, 0.5) is 5.69 Å². The Morgan fingerprint density at radius 3 is 3.00 bits per heavy atom. The summed E-state index contributed by atoms with van der Waals surface area (Å²) in [5.41, 5.74) is 0.770. The Morgan fingerprint density at radius 2 is 2.22 bits per heavy atom.